The van der Waals surface area contributed by atoms with E-state index in [1.54, 1.807) is 35.2 Å². The molecule has 7 heteroatoms. The number of amides is 1. The summed E-state index contributed by atoms with van der Waals surface area (Å²) in [6.45, 7) is 2.15. The molecule has 1 amide bonds. The van der Waals surface area contributed by atoms with Crippen molar-refractivity contribution >= 4 is 5.91 Å². The van der Waals surface area contributed by atoms with Gasteiger partial charge in [0, 0.05) is 18.7 Å². The van der Waals surface area contributed by atoms with Crippen LogP contribution in [0.2, 0.25) is 0 Å². The number of carbonyl (C=O) groups is 1. The first-order valence-corrected chi connectivity index (χ1v) is 7.76. The molecule has 1 fully saturated rings. The molecule has 0 saturated carbocycles. The first-order valence-electron chi connectivity index (χ1n) is 7.76. The van der Waals surface area contributed by atoms with Crippen LogP contribution in [-0.2, 0) is 4.74 Å². The Labute approximate surface area is 142 Å². The van der Waals surface area contributed by atoms with Crippen LogP contribution in [0.5, 0.6) is 5.75 Å². The van der Waals surface area contributed by atoms with Crippen LogP contribution in [0.15, 0.2) is 48.5 Å². The van der Waals surface area contributed by atoms with Crippen LogP contribution in [-0.4, -0.2) is 43.5 Å². The van der Waals surface area contributed by atoms with Crippen molar-refractivity contribution in [2.75, 3.05) is 26.3 Å². The molecule has 132 valence electrons. The van der Waals surface area contributed by atoms with E-state index in [-0.39, 0.29) is 11.7 Å². The molecule has 0 unspecified atom stereocenters. The smallest absolute Gasteiger partial charge is 0.406 e. The normalized spacial score (nSPS) is 15.1. The molecular weight excluding hydrogens is 335 g/mol. The second-order valence-electron chi connectivity index (χ2n) is 5.56. The minimum absolute atomic E-state index is 0.0796. The number of hydrogen-bond acceptors (Lipinski definition) is 3. The van der Waals surface area contributed by atoms with Crippen molar-refractivity contribution in [2.45, 2.75) is 6.36 Å². The molecule has 0 N–H and O–H groups in total. The zero-order chi connectivity index (χ0) is 17.9. The Balaban J connectivity index is 1.76. The third-order valence-electron chi connectivity index (χ3n) is 3.83. The van der Waals surface area contributed by atoms with Gasteiger partial charge in [0.25, 0.3) is 5.91 Å². The van der Waals surface area contributed by atoms with E-state index in [1.807, 2.05) is 0 Å². The third-order valence-corrected chi connectivity index (χ3v) is 3.83. The van der Waals surface area contributed by atoms with Crippen LogP contribution in [0.25, 0.3) is 11.1 Å². The van der Waals surface area contributed by atoms with Gasteiger partial charge in [-0.2, -0.15) is 0 Å². The number of rotatable bonds is 3. The first kappa shape index (κ1) is 17.3. The molecule has 1 saturated heterocycles. The monoisotopic (exact) mass is 351 g/mol. The zero-order valence-corrected chi connectivity index (χ0v) is 13.3. The molecule has 0 aromatic heterocycles. The molecule has 0 atom stereocenters. The van der Waals surface area contributed by atoms with Crippen LogP contribution < -0.4 is 4.74 Å². The summed E-state index contributed by atoms with van der Waals surface area (Å²) in [6, 6.07) is 12.5. The predicted molar refractivity (Wildman–Crippen MR) is 85.3 cm³/mol. The molecule has 2 aromatic rings. The number of alkyl halides is 3. The number of morpholine rings is 1. The second kappa shape index (κ2) is 7.14. The van der Waals surface area contributed by atoms with Gasteiger partial charge in [-0.15, -0.1) is 13.2 Å². The van der Waals surface area contributed by atoms with Crippen molar-refractivity contribution < 1.29 is 27.4 Å². The van der Waals surface area contributed by atoms with E-state index < -0.39 is 6.36 Å². The Hall–Kier alpha value is -2.54. The van der Waals surface area contributed by atoms with Gasteiger partial charge in [0.2, 0.25) is 0 Å². The lowest BCUT2D eigenvalue weighted by molar-refractivity contribution is -0.274. The average molecular weight is 351 g/mol. The zero-order valence-electron chi connectivity index (χ0n) is 13.3. The van der Waals surface area contributed by atoms with Gasteiger partial charge < -0.3 is 14.4 Å². The minimum atomic E-state index is -4.73. The van der Waals surface area contributed by atoms with E-state index in [0.717, 1.165) is 0 Å². The lowest BCUT2D eigenvalue weighted by Crippen LogP contribution is -2.40. The lowest BCUT2D eigenvalue weighted by Gasteiger charge is -2.26. The summed E-state index contributed by atoms with van der Waals surface area (Å²) in [4.78, 5) is 14.1. The van der Waals surface area contributed by atoms with E-state index in [9.17, 15) is 18.0 Å². The Kier molecular flexibility index (Phi) is 4.94. The molecule has 1 heterocycles. The first-order chi connectivity index (χ1) is 11.9. The highest BCUT2D eigenvalue weighted by Crippen LogP contribution is 2.28. The molecular formula is C18H16F3NO3. The molecule has 25 heavy (non-hydrogen) atoms. The molecule has 1 aliphatic rings. The maximum Gasteiger partial charge on any atom is 0.573 e. The topological polar surface area (TPSA) is 38.8 Å². The Morgan fingerprint density at radius 2 is 1.68 bits per heavy atom. The molecule has 4 nitrogen and oxygen atoms in total. The van der Waals surface area contributed by atoms with Gasteiger partial charge in [-0.3, -0.25) is 4.79 Å². The fourth-order valence-electron chi connectivity index (χ4n) is 2.63. The van der Waals surface area contributed by atoms with Crippen LogP contribution in [0.4, 0.5) is 13.2 Å². The highest BCUT2D eigenvalue weighted by Gasteiger charge is 2.31. The van der Waals surface area contributed by atoms with E-state index in [0.29, 0.717) is 43.0 Å². The van der Waals surface area contributed by atoms with Gasteiger partial charge in [-0.05, 0) is 35.4 Å². The SMILES string of the molecule is O=C(c1ccc(-c2cccc(OC(F)(F)F)c2)cc1)N1CCOCC1. The summed E-state index contributed by atoms with van der Waals surface area (Å²) in [6.07, 6.45) is -4.73. The highest BCUT2D eigenvalue weighted by atomic mass is 19.4. The number of nitrogens with zero attached hydrogens (tertiary/aromatic N) is 1. The Morgan fingerprint density at radius 1 is 1.00 bits per heavy atom. The highest BCUT2D eigenvalue weighted by molar-refractivity contribution is 5.94. The van der Waals surface area contributed by atoms with Gasteiger partial charge in [0.1, 0.15) is 5.75 Å². The summed E-state index contributed by atoms with van der Waals surface area (Å²) in [7, 11) is 0. The predicted octanol–water partition coefficient (Wildman–Crippen LogP) is 3.72. The van der Waals surface area contributed by atoms with Crippen LogP contribution >= 0.6 is 0 Å². The molecule has 0 aliphatic carbocycles. The van der Waals surface area contributed by atoms with E-state index in [1.165, 1.54) is 18.2 Å². The third kappa shape index (κ3) is 4.51. The maximum absolute atomic E-state index is 12.4. The molecule has 2 aromatic carbocycles. The van der Waals surface area contributed by atoms with Crippen molar-refractivity contribution in [2.24, 2.45) is 0 Å². The van der Waals surface area contributed by atoms with Crippen LogP contribution in [0.1, 0.15) is 10.4 Å². The fraction of sp³-hybridized carbons (Fsp3) is 0.278. The quantitative estimate of drug-likeness (QED) is 0.846. The summed E-state index contributed by atoms with van der Waals surface area (Å²) >= 11 is 0. The summed E-state index contributed by atoms with van der Waals surface area (Å²) in [5.74, 6) is -0.359. The van der Waals surface area contributed by atoms with Gasteiger partial charge >= 0.3 is 6.36 Å². The summed E-state index contributed by atoms with van der Waals surface area (Å²) in [5.41, 5.74) is 1.81. The summed E-state index contributed by atoms with van der Waals surface area (Å²) < 4.78 is 46.1. The van der Waals surface area contributed by atoms with E-state index in [2.05, 4.69) is 4.74 Å². The van der Waals surface area contributed by atoms with Crippen molar-refractivity contribution in [3.05, 3.63) is 54.1 Å². The number of hydrogen-bond donors (Lipinski definition) is 0. The number of ether oxygens (including phenoxy) is 2. The number of halogens is 3. The van der Waals surface area contributed by atoms with E-state index >= 15 is 0 Å². The Morgan fingerprint density at radius 3 is 2.32 bits per heavy atom. The average Bonchev–Trinajstić information content (AvgIpc) is 2.61. The van der Waals surface area contributed by atoms with Crippen LogP contribution in [0.3, 0.4) is 0 Å². The minimum Gasteiger partial charge on any atom is -0.406 e. The van der Waals surface area contributed by atoms with Crippen molar-refractivity contribution in [3.63, 3.8) is 0 Å². The number of carbonyl (C=O) groups excluding carboxylic acids is 1. The molecule has 0 bridgehead atoms. The largest absolute Gasteiger partial charge is 0.573 e. The van der Waals surface area contributed by atoms with Gasteiger partial charge in [0.05, 0.1) is 13.2 Å². The van der Waals surface area contributed by atoms with Gasteiger partial charge in [0.15, 0.2) is 0 Å². The van der Waals surface area contributed by atoms with Gasteiger partial charge in [-0.1, -0.05) is 24.3 Å². The van der Waals surface area contributed by atoms with Crippen molar-refractivity contribution in [1.29, 1.82) is 0 Å². The van der Waals surface area contributed by atoms with Crippen molar-refractivity contribution in [1.82, 2.24) is 4.90 Å². The van der Waals surface area contributed by atoms with Gasteiger partial charge in [-0.25, -0.2) is 0 Å². The molecule has 0 spiro atoms. The van der Waals surface area contributed by atoms with Crippen LogP contribution in [0, 0.1) is 0 Å². The number of benzene rings is 2. The fourth-order valence-corrected chi connectivity index (χ4v) is 2.63. The standard InChI is InChI=1S/C18H16F3NO3/c19-18(20,21)25-16-3-1-2-15(12-16)13-4-6-14(7-5-13)17(23)22-8-10-24-11-9-22/h1-7,12H,8-11H2. The maximum atomic E-state index is 12.4. The molecule has 3 rings (SSSR count). The lowest BCUT2D eigenvalue weighted by atomic mass is 10.0. The summed E-state index contributed by atoms with van der Waals surface area (Å²) in [5, 5.41) is 0. The van der Waals surface area contributed by atoms with E-state index in [4.69, 9.17) is 4.74 Å². The second-order valence-corrected chi connectivity index (χ2v) is 5.56. The van der Waals surface area contributed by atoms with Crippen molar-refractivity contribution in [3.8, 4) is 16.9 Å². The molecule has 1 aliphatic heterocycles. The molecule has 0 radical (unpaired) electrons. The Bertz CT molecular complexity index is 738.